The third-order valence-corrected chi connectivity index (χ3v) is 4.50. The lowest BCUT2D eigenvalue weighted by molar-refractivity contribution is -0.410. The maximum Gasteiger partial charge on any atom is 0.365 e. The molecule has 6 heteroatoms. The van der Waals surface area contributed by atoms with Gasteiger partial charge in [0, 0.05) is 13.0 Å². The number of quaternary nitrogens is 1. The van der Waals surface area contributed by atoms with Crippen molar-refractivity contribution < 1.29 is 37.1 Å². The highest BCUT2D eigenvalue weighted by atomic mass is 35.5. The second kappa shape index (κ2) is 10.8. The van der Waals surface area contributed by atoms with Gasteiger partial charge in [0.25, 0.3) is 0 Å². The van der Waals surface area contributed by atoms with Gasteiger partial charge in [0.05, 0.1) is 0 Å². The lowest BCUT2D eigenvalue weighted by atomic mass is 10.0. The molecule has 0 saturated carbocycles. The largest absolute Gasteiger partial charge is 1.00 e. The molecule has 0 amide bonds. The van der Waals surface area contributed by atoms with Gasteiger partial charge in [-0.3, -0.25) is 0 Å². The fraction of sp³-hybridized carbons (Fsp3) is 0.650. The van der Waals surface area contributed by atoms with Crippen LogP contribution in [0.5, 0.6) is 5.75 Å². The molecule has 0 spiro atoms. The zero-order valence-electron chi connectivity index (χ0n) is 16.3. The van der Waals surface area contributed by atoms with Crippen molar-refractivity contribution in [1.82, 2.24) is 0 Å². The van der Waals surface area contributed by atoms with Crippen LogP contribution >= 0.6 is 0 Å². The number of hydrogen-bond acceptors (Lipinski definition) is 4. The van der Waals surface area contributed by atoms with Gasteiger partial charge in [0.2, 0.25) is 0 Å². The zero-order chi connectivity index (χ0) is 18.4. The van der Waals surface area contributed by atoms with Crippen LogP contribution in [0.25, 0.3) is 0 Å². The van der Waals surface area contributed by atoms with E-state index in [1.54, 1.807) is 0 Å². The van der Waals surface area contributed by atoms with Crippen molar-refractivity contribution in [2.24, 2.45) is 0 Å². The van der Waals surface area contributed by atoms with Gasteiger partial charge >= 0.3 is 5.97 Å². The molecular formula is C20H32ClNO4. The average molecular weight is 386 g/mol. The molecule has 0 aromatic heterocycles. The number of hydrogen-bond donors (Lipinski definition) is 1. The number of ether oxygens (including phenoxy) is 3. The van der Waals surface area contributed by atoms with E-state index < -0.39 is 0 Å². The molecule has 3 N–H and O–H groups in total. The fourth-order valence-electron chi connectivity index (χ4n) is 3.29. The summed E-state index contributed by atoms with van der Waals surface area (Å²) in [6.07, 6.45) is 2.49. The molecule has 1 aliphatic rings. The van der Waals surface area contributed by atoms with Crippen molar-refractivity contribution in [2.45, 2.75) is 77.7 Å². The van der Waals surface area contributed by atoms with Gasteiger partial charge in [0.15, 0.2) is 6.04 Å². The van der Waals surface area contributed by atoms with Gasteiger partial charge in [-0.2, -0.15) is 0 Å². The Morgan fingerprint density at radius 2 is 1.85 bits per heavy atom. The van der Waals surface area contributed by atoms with E-state index in [9.17, 15) is 4.79 Å². The van der Waals surface area contributed by atoms with Gasteiger partial charge in [-0.15, -0.1) is 0 Å². The maximum absolute atomic E-state index is 12.1. The molecule has 1 aliphatic heterocycles. The molecule has 1 saturated heterocycles. The van der Waals surface area contributed by atoms with E-state index in [1.165, 1.54) is 11.1 Å². The highest BCUT2D eigenvalue weighted by Gasteiger charge is 2.35. The van der Waals surface area contributed by atoms with Gasteiger partial charge < -0.3 is 32.4 Å². The van der Waals surface area contributed by atoms with Crippen LogP contribution in [-0.2, 0) is 14.3 Å². The number of benzene rings is 1. The summed E-state index contributed by atoms with van der Waals surface area (Å²) in [7, 11) is 0. The molecule has 2 rings (SSSR count). The van der Waals surface area contributed by atoms with Crippen LogP contribution in [0, 0.1) is 13.8 Å². The van der Waals surface area contributed by atoms with E-state index in [4.69, 9.17) is 14.2 Å². The highest BCUT2D eigenvalue weighted by Crippen LogP contribution is 2.25. The highest BCUT2D eigenvalue weighted by molar-refractivity contribution is 5.74. The quantitative estimate of drug-likeness (QED) is 0.698. The van der Waals surface area contributed by atoms with Crippen LogP contribution in [-0.4, -0.2) is 36.9 Å². The van der Waals surface area contributed by atoms with E-state index in [-0.39, 0.29) is 42.7 Å². The number of carbonyl (C=O) groups is 1. The molecule has 0 radical (unpaired) electrons. The number of halogens is 1. The molecule has 0 aliphatic carbocycles. The molecule has 0 unspecified atom stereocenters. The fourth-order valence-corrected chi connectivity index (χ4v) is 3.29. The first kappa shape index (κ1) is 22.7. The Balaban J connectivity index is 0.00000338. The molecular weight excluding hydrogens is 354 g/mol. The van der Waals surface area contributed by atoms with E-state index in [0.717, 1.165) is 25.0 Å². The number of cyclic esters (lactones) is 1. The Morgan fingerprint density at radius 1 is 1.19 bits per heavy atom. The van der Waals surface area contributed by atoms with Crippen molar-refractivity contribution in [2.75, 3.05) is 6.61 Å². The Morgan fingerprint density at radius 3 is 2.46 bits per heavy atom. The Kier molecular flexibility index (Phi) is 9.41. The van der Waals surface area contributed by atoms with Gasteiger partial charge in [-0.05, 0) is 63.3 Å². The summed E-state index contributed by atoms with van der Waals surface area (Å²) in [5, 5.41) is 0. The second-order valence-corrected chi connectivity index (χ2v) is 7.08. The van der Waals surface area contributed by atoms with Gasteiger partial charge in [-0.1, -0.05) is 13.0 Å². The summed E-state index contributed by atoms with van der Waals surface area (Å²) in [4.78, 5) is 12.1. The topological polar surface area (TPSA) is 72.4 Å². The average Bonchev–Trinajstić information content (AvgIpc) is 2.57. The first-order chi connectivity index (χ1) is 11.9. The molecule has 1 fully saturated rings. The number of aryl methyl sites for hydroxylation is 2. The van der Waals surface area contributed by atoms with E-state index in [1.807, 2.05) is 19.1 Å². The van der Waals surface area contributed by atoms with E-state index in [0.29, 0.717) is 13.0 Å². The van der Waals surface area contributed by atoms with Crippen LogP contribution in [0.15, 0.2) is 18.2 Å². The molecule has 1 aromatic carbocycles. The molecule has 5 nitrogen and oxygen atoms in total. The van der Waals surface area contributed by atoms with Crippen molar-refractivity contribution in [3.8, 4) is 5.75 Å². The number of esters is 1. The van der Waals surface area contributed by atoms with Crippen LogP contribution in [0.2, 0.25) is 0 Å². The SMILES string of the molecule is CCCO[C@H]1[C@H](C)OC(=O)[C@@H]([NH3+])CCC[C@@H]1Oc1cc(C)cc(C)c1.[Cl-]. The summed E-state index contributed by atoms with van der Waals surface area (Å²) in [5.41, 5.74) is 6.26. The Hall–Kier alpha value is -1.30. The van der Waals surface area contributed by atoms with Crippen LogP contribution < -0.4 is 22.9 Å². The van der Waals surface area contributed by atoms with Crippen LogP contribution in [0.4, 0.5) is 0 Å². The number of carbonyl (C=O) groups excluding carboxylic acids is 1. The predicted octanol–water partition coefficient (Wildman–Crippen LogP) is -0.424. The Labute approximate surface area is 163 Å². The summed E-state index contributed by atoms with van der Waals surface area (Å²) >= 11 is 0. The molecule has 0 bridgehead atoms. The standard InChI is InChI=1S/C20H31NO4.ClH/c1-5-9-23-19-15(4)24-20(22)17(21)7-6-8-18(19)25-16-11-13(2)10-14(3)12-16;/h10-12,15,17-19H,5-9,21H2,1-4H3;1H/t15-,17-,18-,19-;/m0./s1. The van der Waals surface area contributed by atoms with Gasteiger partial charge in [-0.25, -0.2) is 4.79 Å². The minimum atomic E-state index is -0.364. The monoisotopic (exact) mass is 385 g/mol. The molecule has 26 heavy (non-hydrogen) atoms. The summed E-state index contributed by atoms with van der Waals surface area (Å²) < 4.78 is 18.0. The van der Waals surface area contributed by atoms with Gasteiger partial charge in [0.1, 0.15) is 24.1 Å². The summed E-state index contributed by atoms with van der Waals surface area (Å²) in [5.74, 6) is 0.598. The van der Waals surface area contributed by atoms with Crippen LogP contribution in [0.1, 0.15) is 50.7 Å². The minimum Gasteiger partial charge on any atom is -1.00 e. The van der Waals surface area contributed by atoms with Crippen molar-refractivity contribution in [1.29, 1.82) is 0 Å². The third-order valence-electron chi connectivity index (χ3n) is 4.50. The van der Waals surface area contributed by atoms with Crippen LogP contribution in [0.3, 0.4) is 0 Å². The first-order valence-corrected chi connectivity index (χ1v) is 9.30. The molecule has 1 heterocycles. The van der Waals surface area contributed by atoms with Crippen molar-refractivity contribution in [3.63, 3.8) is 0 Å². The Bertz CT molecular complexity index is 561. The summed E-state index contributed by atoms with van der Waals surface area (Å²) in [6, 6.07) is 5.88. The minimum absolute atomic E-state index is 0. The predicted molar refractivity (Wildman–Crippen MR) is 96.4 cm³/mol. The van der Waals surface area contributed by atoms with Crippen molar-refractivity contribution in [3.05, 3.63) is 29.3 Å². The summed E-state index contributed by atoms with van der Waals surface area (Å²) in [6.45, 7) is 8.69. The smallest absolute Gasteiger partial charge is 0.365 e. The van der Waals surface area contributed by atoms with Crippen molar-refractivity contribution >= 4 is 5.97 Å². The molecule has 4 atom stereocenters. The molecule has 1 aromatic rings. The maximum atomic E-state index is 12.1. The second-order valence-electron chi connectivity index (χ2n) is 7.08. The zero-order valence-corrected chi connectivity index (χ0v) is 17.1. The first-order valence-electron chi connectivity index (χ1n) is 9.30. The normalized spacial score (nSPS) is 26.7. The number of rotatable bonds is 5. The van der Waals surface area contributed by atoms with E-state index in [2.05, 4.69) is 32.6 Å². The van der Waals surface area contributed by atoms with E-state index >= 15 is 0 Å². The lowest BCUT2D eigenvalue weighted by Crippen LogP contribution is -3.00. The third kappa shape index (κ3) is 6.45. The molecule has 148 valence electrons. The lowest BCUT2D eigenvalue weighted by Gasteiger charge is -2.31.